The molecule has 2 rings (SSSR count). The van der Waals surface area contributed by atoms with Gasteiger partial charge in [0, 0.05) is 35.3 Å². The molecule has 5 nitrogen and oxygen atoms in total. The van der Waals surface area contributed by atoms with Crippen LogP contribution in [0.15, 0.2) is 11.7 Å². The van der Waals surface area contributed by atoms with Gasteiger partial charge in [-0.05, 0) is 20.4 Å². The van der Waals surface area contributed by atoms with E-state index in [4.69, 9.17) is 4.74 Å². The van der Waals surface area contributed by atoms with Crippen LogP contribution in [0, 0.1) is 13.8 Å². The molecule has 6 heteroatoms. The molecule has 2 aromatic rings. The number of nitrogens with one attached hydrogen (secondary N) is 1. The molecule has 0 bridgehead atoms. The Kier molecular flexibility index (Phi) is 5.43. The molecule has 0 spiro atoms. The summed E-state index contributed by atoms with van der Waals surface area (Å²) in [6, 6.07) is 0.449. The molecule has 0 radical (unpaired) electrons. The summed E-state index contributed by atoms with van der Waals surface area (Å²) in [4.78, 5) is 14.1. The van der Waals surface area contributed by atoms with E-state index in [2.05, 4.69) is 27.2 Å². The van der Waals surface area contributed by atoms with Gasteiger partial charge in [0.2, 0.25) is 0 Å². The van der Waals surface area contributed by atoms with Gasteiger partial charge in [0.25, 0.3) is 0 Å². The molecule has 0 aliphatic rings. The van der Waals surface area contributed by atoms with Gasteiger partial charge in [-0.2, -0.15) is 0 Å². The quantitative estimate of drug-likeness (QED) is 0.848. The van der Waals surface area contributed by atoms with Crippen LogP contribution in [0.1, 0.15) is 28.8 Å². The van der Waals surface area contributed by atoms with Gasteiger partial charge >= 0.3 is 6.01 Å². The minimum Gasteiger partial charge on any atom is -0.463 e. The Labute approximate surface area is 123 Å². The van der Waals surface area contributed by atoms with Crippen molar-refractivity contribution in [2.45, 2.75) is 33.7 Å². The van der Waals surface area contributed by atoms with Gasteiger partial charge in [-0.25, -0.2) is 15.0 Å². The maximum Gasteiger partial charge on any atom is 0.316 e. The molecule has 0 unspecified atom stereocenters. The van der Waals surface area contributed by atoms with Crippen molar-refractivity contribution in [2.75, 3.05) is 13.2 Å². The number of aryl methyl sites for hydroxylation is 2. The second-order valence-corrected chi connectivity index (χ2v) is 5.44. The molecule has 0 aliphatic carbocycles. The number of thiazole rings is 1. The van der Waals surface area contributed by atoms with Crippen LogP contribution in [-0.2, 0) is 13.0 Å². The predicted molar refractivity (Wildman–Crippen MR) is 80.2 cm³/mol. The number of hydrogen-bond acceptors (Lipinski definition) is 6. The van der Waals surface area contributed by atoms with E-state index in [1.807, 2.05) is 25.6 Å². The van der Waals surface area contributed by atoms with Gasteiger partial charge in [-0.1, -0.05) is 6.92 Å². The van der Waals surface area contributed by atoms with E-state index < -0.39 is 0 Å². The average Bonchev–Trinajstić information content (AvgIpc) is 2.84. The second-order valence-electron chi connectivity index (χ2n) is 4.50. The van der Waals surface area contributed by atoms with Gasteiger partial charge < -0.3 is 10.1 Å². The zero-order valence-corrected chi connectivity index (χ0v) is 13.0. The van der Waals surface area contributed by atoms with E-state index in [-0.39, 0.29) is 0 Å². The third kappa shape index (κ3) is 3.98. The van der Waals surface area contributed by atoms with Gasteiger partial charge in [0.1, 0.15) is 0 Å². The smallest absolute Gasteiger partial charge is 0.316 e. The first-order chi connectivity index (χ1) is 9.70. The lowest BCUT2D eigenvalue weighted by atomic mass is 10.2. The van der Waals surface area contributed by atoms with E-state index in [0.717, 1.165) is 36.5 Å². The highest BCUT2D eigenvalue weighted by molar-refractivity contribution is 7.09. The summed E-state index contributed by atoms with van der Waals surface area (Å²) in [6.07, 6.45) is 2.68. The fourth-order valence-corrected chi connectivity index (χ4v) is 2.54. The normalized spacial score (nSPS) is 10.8. The van der Waals surface area contributed by atoms with Crippen LogP contribution in [0.25, 0.3) is 0 Å². The summed E-state index contributed by atoms with van der Waals surface area (Å²) < 4.78 is 5.61. The Hall–Kier alpha value is -1.53. The van der Waals surface area contributed by atoms with Crippen LogP contribution >= 0.6 is 11.3 Å². The Morgan fingerprint density at radius 3 is 2.75 bits per heavy atom. The number of hydrogen-bond donors (Lipinski definition) is 1. The molecule has 2 aromatic heterocycles. The van der Waals surface area contributed by atoms with E-state index >= 15 is 0 Å². The molecule has 0 aliphatic heterocycles. The van der Waals surface area contributed by atoms with Crippen molar-refractivity contribution in [1.29, 1.82) is 0 Å². The maximum atomic E-state index is 5.61. The Balaban J connectivity index is 1.87. The molecule has 0 atom stereocenters. The fraction of sp³-hybridized carbons (Fsp3) is 0.500. The lowest BCUT2D eigenvalue weighted by Gasteiger charge is -2.08. The van der Waals surface area contributed by atoms with Crippen molar-refractivity contribution in [3.05, 3.63) is 33.5 Å². The standard InChI is InChI=1S/C14H20N4OS/c1-4-15-7-12-8-16-14(18-10(12)2)19-6-5-13-11(3)17-9-20-13/h8-9,15H,4-7H2,1-3H3. The monoisotopic (exact) mass is 292 g/mol. The van der Waals surface area contributed by atoms with Crippen molar-refractivity contribution in [2.24, 2.45) is 0 Å². The minimum absolute atomic E-state index is 0.449. The van der Waals surface area contributed by atoms with Crippen molar-refractivity contribution in [1.82, 2.24) is 20.3 Å². The Morgan fingerprint density at radius 1 is 1.25 bits per heavy atom. The highest BCUT2D eigenvalue weighted by Gasteiger charge is 2.05. The summed E-state index contributed by atoms with van der Waals surface area (Å²) in [6.45, 7) is 8.38. The summed E-state index contributed by atoms with van der Waals surface area (Å²) in [7, 11) is 0. The van der Waals surface area contributed by atoms with E-state index in [9.17, 15) is 0 Å². The molecule has 20 heavy (non-hydrogen) atoms. The average molecular weight is 292 g/mol. The van der Waals surface area contributed by atoms with Gasteiger partial charge in [0.15, 0.2) is 0 Å². The van der Waals surface area contributed by atoms with Crippen LogP contribution in [0.5, 0.6) is 6.01 Å². The molecule has 0 amide bonds. The number of nitrogens with zero attached hydrogens (tertiary/aromatic N) is 3. The lowest BCUT2D eigenvalue weighted by molar-refractivity contribution is 0.295. The van der Waals surface area contributed by atoms with E-state index in [0.29, 0.717) is 12.6 Å². The summed E-state index contributed by atoms with van der Waals surface area (Å²) >= 11 is 1.66. The largest absolute Gasteiger partial charge is 0.463 e. The molecule has 0 aromatic carbocycles. The van der Waals surface area contributed by atoms with Crippen molar-refractivity contribution >= 4 is 11.3 Å². The predicted octanol–water partition coefficient (Wildman–Crippen LogP) is 2.28. The van der Waals surface area contributed by atoms with Crippen molar-refractivity contribution in [3.8, 4) is 6.01 Å². The van der Waals surface area contributed by atoms with Crippen molar-refractivity contribution < 1.29 is 4.74 Å². The highest BCUT2D eigenvalue weighted by atomic mass is 32.1. The number of rotatable bonds is 7. The summed E-state index contributed by atoms with van der Waals surface area (Å²) in [5.41, 5.74) is 5.01. The van der Waals surface area contributed by atoms with Crippen LogP contribution in [0.4, 0.5) is 0 Å². The molecule has 0 fully saturated rings. The van der Waals surface area contributed by atoms with E-state index in [1.165, 1.54) is 4.88 Å². The number of ether oxygens (including phenoxy) is 1. The molecule has 1 N–H and O–H groups in total. The molecule has 0 saturated heterocycles. The van der Waals surface area contributed by atoms with Crippen LogP contribution in [-0.4, -0.2) is 28.1 Å². The summed E-state index contributed by atoms with van der Waals surface area (Å²) in [5, 5.41) is 3.27. The molecule has 108 valence electrons. The van der Waals surface area contributed by atoms with Gasteiger partial charge in [-0.3, -0.25) is 0 Å². The van der Waals surface area contributed by atoms with Crippen LogP contribution in [0.3, 0.4) is 0 Å². The minimum atomic E-state index is 0.449. The fourth-order valence-electron chi connectivity index (χ4n) is 1.77. The topological polar surface area (TPSA) is 59.9 Å². The van der Waals surface area contributed by atoms with Gasteiger partial charge in [-0.15, -0.1) is 11.3 Å². The third-order valence-corrected chi connectivity index (χ3v) is 4.02. The third-order valence-electron chi connectivity index (χ3n) is 3.03. The first-order valence-corrected chi connectivity index (χ1v) is 7.63. The van der Waals surface area contributed by atoms with Crippen molar-refractivity contribution in [3.63, 3.8) is 0 Å². The lowest BCUT2D eigenvalue weighted by Crippen LogP contribution is -2.14. The second kappa shape index (κ2) is 7.31. The summed E-state index contributed by atoms with van der Waals surface area (Å²) in [5.74, 6) is 0. The van der Waals surface area contributed by atoms with Crippen LogP contribution < -0.4 is 10.1 Å². The first-order valence-electron chi connectivity index (χ1n) is 6.75. The maximum absolute atomic E-state index is 5.61. The Morgan fingerprint density at radius 2 is 2.10 bits per heavy atom. The van der Waals surface area contributed by atoms with Crippen LogP contribution in [0.2, 0.25) is 0 Å². The molecule has 2 heterocycles. The SMILES string of the molecule is CCNCc1cnc(OCCc2scnc2C)nc1C. The van der Waals surface area contributed by atoms with Gasteiger partial charge in [0.05, 0.1) is 17.8 Å². The first kappa shape index (κ1) is 14.9. The van der Waals surface area contributed by atoms with E-state index in [1.54, 1.807) is 11.3 Å². The highest BCUT2D eigenvalue weighted by Crippen LogP contribution is 2.14. The molecular formula is C14H20N4OS. The Bertz CT molecular complexity index is 556. The molecular weight excluding hydrogens is 272 g/mol. The zero-order valence-electron chi connectivity index (χ0n) is 12.1. The molecule has 0 saturated carbocycles. The zero-order chi connectivity index (χ0) is 14.4. The number of aromatic nitrogens is 3.